The molecule has 2 fully saturated rings. The number of fused-ring (bicyclic) bond motifs is 1. The van der Waals surface area contributed by atoms with E-state index in [0.29, 0.717) is 18.5 Å². The maximum absolute atomic E-state index is 15.5. The third kappa shape index (κ3) is 11.2. The molecule has 55 heavy (non-hydrogen) atoms. The van der Waals surface area contributed by atoms with Crippen LogP contribution >= 0.6 is 27.2 Å². The summed E-state index contributed by atoms with van der Waals surface area (Å²) in [4.78, 5) is 38.5. The standard InChI is InChI=1S/C34H51ClFN7O10P2/c1-5-42(6-2)17-16-23-14-10-11-15-24(23)52-54(46,41-27(21(3)4)33(45)49-18-22-12-8-7-9-13-22)53-55(47,48)50-19-25-29(44)26(36)32(51-25)43-20-38-28-30(37)39-34(35)40-31(28)43/h10-11,14-15,20-22,25-27,29,32,44H,5-9,12-13,16-19H2,1-4H3,(H,41,46)(H,47,48)(H2,37,39,40)/t25-,26?,27+,29?,32-,54?/m1/s1. The number of carbonyl (C=O) groups is 1. The van der Waals surface area contributed by atoms with Crippen molar-refractivity contribution >= 4 is 50.1 Å². The first-order valence-corrected chi connectivity index (χ1v) is 21.9. The van der Waals surface area contributed by atoms with Gasteiger partial charge in [0.05, 0.1) is 19.5 Å². The lowest BCUT2D eigenvalue weighted by molar-refractivity contribution is -0.148. The van der Waals surface area contributed by atoms with E-state index in [-0.39, 0.29) is 40.5 Å². The van der Waals surface area contributed by atoms with Crippen LogP contribution in [0.25, 0.3) is 11.2 Å². The number of aliphatic hydroxyl groups excluding tert-OH is 1. The zero-order chi connectivity index (χ0) is 39.9. The number of phosphoric ester groups is 1. The van der Waals surface area contributed by atoms with Gasteiger partial charge in [0.25, 0.3) is 0 Å². The highest BCUT2D eigenvalue weighted by molar-refractivity contribution is 7.63. The SMILES string of the molecule is CCN(CC)CCc1ccccc1OP(=O)(N[C@H](C(=O)OCC1CCCCC1)C(C)C)OP(=O)(O)OC[C@H]1O[C@@H](n2cnc3c(N)nc(Cl)nc32)C(F)C1O. The molecule has 5 rings (SSSR count). The highest BCUT2D eigenvalue weighted by atomic mass is 35.5. The zero-order valence-corrected chi connectivity index (χ0v) is 33.9. The summed E-state index contributed by atoms with van der Waals surface area (Å²) in [5, 5.41) is 13.0. The predicted octanol–water partition coefficient (Wildman–Crippen LogP) is 5.60. The number of benzene rings is 1. The molecule has 2 aromatic heterocycles. The number of carbonyl (C=O) groups excluding carboxylic acids is 1. The van der Waals surface area contributed by atoms with Gasteiger partial charge in [0, 0.05) is 6.54 Å². The molecule has 1 aliphatic heterocycles. The third-order valence-electron chi connectivity index (χ3n) is 9.79. The maximum atomic E-state index is 15.5. The van der Waals surface area contributed by atoms with Crippen molar-refractivity contribution in [2.45, 2.75) is 96.9 Å². The van der Waals surface area contributed by atoms with Crippen LogP contribution in [0.2, 0.25) is 5.28 Å². The Hall–Kier alpha value is -2.76. The lowest BCUT2D eigenvalue weighted by atomic mass is 9.90. The van der Waals surface area contributed by atoms with Gasteiger partial charge in [-0.2, -0.15) is 19.4 Å². The number of nitrogens with one attached hydrogen (secondary N) is 1. The topological polar surface area (TPSA) is 223 Å². The molecule has 306 valence electrons. The second-order valence-corrected chi connectivity index (χ2v) is 17.6. The third-order valence-corrected chi connectivity index (χ3v) is 13.1. The Kier molecular flexibility index (Phi) is 15.1. The highest BCUT2D eigenvalue weighted by Gasteiger charge is 2.48. The first kappa shape index (κ1) is 43.4. The molecule has 1 saturated heterocycles. The van der Waals surface area contributed by atoms with Crippen molar-refractivity contribution in [3.05, 3.63) is 41.4 Å². The van der Waals surface area contributed by atoms with E-state index in [9.17, 15) is 23.9 Å². The number of hydrogen-bond donors (Lipinski definition) is 4. The van der Waals surface area contributed by atoms with Crippen LogP contribution in [0, 0.1) is 11.8 Å². The molecule has 3 aromatic rings. The molecule has 1 aliphatic carbocycles. The van der Waals surface area contributed by atoms with Crippen molar-refractivity contribution in [3.8, 4) is 5.75 Å². The Morgan fingerprint density at radius 1 is 1.16 bits per heavy atom. The van der Waals surface area contributed by atoms with Gasteiger partial charge >= 0.3 is 21.5 Å². The van der Waals surface area contributed by atoms with E-state index in [1.54, 1.807) is 32.0 Å². The molecule has 0 radical (unpaired) electrons. The monoisotopic (exact) mass is 833 g/mol. The molecule has 2 aliphatic rings. The molecule has 3 heterocycles. The summed E-state index contributed by atoms with van der Waals surface area (Å²) in [6.45, 7) is 8.92. The van der Waals surface area contributed by atoms with E-state index in [0.717, 1.165) is 49.8 Å². The first-order valence-electron chi connectivity index (χ1n) is 18.5. The quantitative estimate of drug-likeness (QED) is 0.0655. The Morgan fingerprint density at radius 3 is 2.56 bits per heavy atom. The molecule has 21 heteroatoms. The van der Waals surface area contributed by atoms with E-state index in [4.69, 9.17) is 40.2 Å². The molecule has 4 unspecified atom stereocenters. The number of nitrogen functional groups attached to an aromatic ring is 1. The second-order valence-electron chi connectivity index (χ2n) is 14.0. The van der Waals surface area contributed by atoms with E-state index in [1.165, 1.54) is 12.4 Å². The molecule has 1 saturated carbocycles. The molecule has 0 bridgehead atoms. The van der Waals surface area contributed by atoms with Gasteiger partial charge in [-0.15, -0.1) is 0 Å². The van der Waals surface area contributed by atoms with Gasteiger partial charge in [-0.25, -0.2) is 18.5 Å². The fourth-order valence-electron chi connectivity index (χ4n) is 6.59. The van der Waals surface area contributed by atoms with Crippen molar-refractivity contribution in [1.82, 2.24) is 29.5 Å². The van der Waals surface area contributed by atoms with Crippen molar-refractivity contribution < 1.29 is 51.1 Å². The molecular weight excluding hydrogens is 783 g/mol. The summed E-state index contributed by atoms with van der Waals surface area (Å²) in [6, 6.07) is 5.40. The Bertz CT molecular complexity index is 1850. The van der Waals surface area contributed by atoms with E-state index >= 15 is 4.39 Å². The summed E-state index contributed by atoms with van der Waals surface area (Å²) >= 11 is 5.93. The predicted molar refractivity (Wildman–Crippen MR) is 202 cm³/mol. The van der Waals surface area contributed by atoms with Crippen LogP contribution in [0.3, 0.4) is 0 Å². The van der Waals surface area contributed by atoms with Gasteiger partial charge in [0.15, 0.2) is 23.9 Å². The largest absolute Gasteiger partial charge is 0.481 e. The Morgan fingerprint density at radius 2 is 1.87 bits per heavy atom. The van der Waals surface area contributed by atoms with E-state index < -0.39 is 64.7 Å². The fraction of sp³-hybridized carbons (Fsp3) is 0.647. The fourth-order valence-corrected chi connectivity index (χ4v) is 9.93. The number of rotatable bonds is 19. The van der Waals surface area contributed by atoms with Gasteiger partial charge < -0.3 is 34.6 Å². The number of halogens is 2. The number of ether oxygens (including phenoxy) is 2. The van der Waals surface area contributed by atoms with Crippen molar-refractivity contribution in [3.63, 3.8) is 0 Å². The number of para-hydroxylation sites is 1. The van der Waals surface area contributed by atoms with Crippen LogP contribution in [-0.2, 0) is 38.7 Å². The summed E-state index contributed by atoms with van der Waals surface area (Å²) in [5.74, 6) is -1.06. The molecule has 5 N–H and O–H groups in total. The van der Waals surface area contributed by atoms with Gasteiger partial charge in [0.2, 0.25) is 5.28 Å². The smallest absolute Gasteiger partial charge is 0.464 e. The first-order chi connectivity index (χ1) is 26.1. The zero-order valence-electron chi connectivity index (χ0n) is 31.3. The van der Waals surface area contributed by atoms with Crippen LogP contribution in [0.15, 0.2) is 30.6 Å². The minimum atomic E-state index is -5.39. The molecule has 0 spiro atoms. The number of aromatic nitrogens is 4. The van der Waals surface area contributed by atoms with Crippen LogP contribution in [0.1, 0.15) is 71.6 Å². The summed E-state index contributed by atoms with van der Waals surface area (Å²) < 4.78 is 72.5. The molecule has 1 aromatic carbocycles. The van der Waals surface area contributed by atoms with Gasteiger partial charge in [0.1, 0.15) is 29.5 Å². The van der Waals surface area contributed by atoms with Crippen LogP contribution in [-0.4, -0.2) is 97.7 Å². The van der Waals surface area contributed by atoms with Crippen LogP contribution < -0.4 is 15.3 Å². The van der Waals surface area contributed by atoms with Crippen LogP contribution in [0.5, 0.6) is 5.75 Å². The van der Waals surface area contributed by atoms with Crippen LogP contribution in [0.4, 0.5) is 10.2 Å². The summed E-state index contributed by atoms with van der Waals surface area (Å²) in [6.07, 6.45) is -0.294. The molecule has 0 amide bonds. The Labute approximate surface area is 324 Å². The number of anilines is 1. The number of esters is 1. The van der Waals surface area contributed by atoms with Gasteiger partial charge in [-0.1, -0.05) is 65.2 Å². The minimum absolute atomic E-state index is 0.0218. The number of likely N-dealkylation sites (N-methyl/N-ethyl adjacent to an activating group) is 1. The number of alkyl halides is 1. The number of imidazole rings is 1. The number of nitrogens with zero attached hydrogens (tertiary/aromatic N) is 5. The average Bonchev–Trinajstić information content (AvgIpc) is 3.69. The van der Waals surface area contributed by atoms with Crippen molar-refractivity contribution in [2.75, 3.05) is 38.6 Å². The minimum Gasteiger partial charge on any atom is -0.464 e. The number of phosphoric acid groups is 1. The number of nitrogens with two attached hydrogens (primary N) is 1. The van der Waals surface area contributed by atoms with Gasteiger partial charge in [-0.05, 0) is 67.4 Å². The number of aliphatic hydroxyl groups is 1. The lowest BCUT2D eigenvalue weighted by Gasteiger charge is -2.29. The van der Waals surface area contributed by atoms with Crippen molar-refractivity contribution in [2.24, 2.45) is 11.8 Å². The maximum Gasteiger partial charge on any atom is 0.481 e. The van der Waals surface area contributed by atoms with Gasteiger partial charge in [-0.3, -0.25) is 13.9 Å². The summed E-state index contributed by atoms with van der Waals surface area (Å²) in [5.41, 5.74) is 6.61. The summed E-state index contributed by atoms with van der Waals surface area (Å²) in [7, 11) is -10.4. The highest BCUT2D eigenvalue weighted by Crippen LogP contribution is 2.61. The molecular formula is C34H51ClFN7O10P2. The van der Waals surface area contributed by atoms with E-state index in [2.05, 4.69) is 24.9 Å². The van der Waals surface area contributed by atoms with Crippen molar-refractivity contribution in [1.29, 1.82) is 0 Å². The van der Waals surface area contributed by atoms with E-state index in [1.807, 2.05) is 13.8 Å². The second kappa shape index (κ2) is 19.1. The lowest BCUT2D eigenvalue weighted by Crippen LogP contribution is -2.42. The number of hydrogen-bond acceptors (Lipinski definition) is 14. The molecule has 7 atom stereocenters. The average molecular weight is 834 g/mol. The Balaban J connectivity index is 1.34. The normalized spacial score (nSPS) is 23.5. The molecule has 17 nitrogen and oxygen atoms in total.